The van der Waals surface area contributed by atoms with Crippen LogP contribution in [0.25, 0.3) is 21.9 Å². The monoisotopic (exact) mass is 300 g/mol. The van der Waals surface area contributed by atoms with E-state index in [9.17, 15) is 4.79 Å². The van der Waals surface area contributed by atoms with Gasteiger partial charge >= 0.3 is 5.97 Å². The summed E-state index contributed by atoms with van der Waals surface area (Å²) in [6.45, 7) is 2.22. The predicted octanol–water partition coefficient (Wildman–Crippen LogP) is 4.41. The SMILES string of the molecule is CCOC(=O)Cc1ccc2c(c1)oc1ccc(SC)cc12. The zero-order chi connectivity index (χ0) is 14.8. The van der Waals surface area contributed by atoms with Gasteiger partial charge in [0.25, 0.3) is 0 Å². The highest BCUT2D eigenvalue weighted by atomic mass is 32.2. The van der Waals surface area contributed by atoms with E-state index < -0.39 is 0 Å². The zero-order valence-corrected chi connectivity index (χ0v) is 12.8. The molecule has 0 fully saturated rings. The van der Waals surface area contributed by atoms with Gasteiger partial charge in [-0.25, -0.2) is 0 Å². The van der Waals surface area contributed by atoms with Crippen molar-refractivity contribution in [3.8, 4) is 0 Å². The molecule has 3 aromatic rings. The number of carbonyl (C=O) groups excluding carboxylic acids is 1. The fourth-order valence-electron chi connectivity index (χ4n) is 2.42. The molecular weight excluding hydrogens is 284 g/mol. The zero-order valence-electron chi connectivity index (χ0n) is 12.0. The minimum atomic E-state index is -0.211. The Morgan fingerprint density at radius 3 is 2.76 bits per heavy atom. The number of hydrogen-bond donors (Lipinski definition) is 0. The van der Waals surface area contributed by atoms with Gasteiger partial charge in [0.05, 0.1) is 13.0 Å². The number of fused-ring (bicyclic) bond motifs is 3. The molecule has 0 aliphatic rings. The predicted molar refractivity (Wildman–Crippen MR) is 85.8 cm³/mol. The summed E-state index contributed by atoms with van der Waals surface area (Å²) < 4.78 is 10.8. The molecule has 3 nitrogen and oxygen atoms in total. The third kappa shape index (κ3) is 2.76. The third-order valence-corrected chi connectivity index (χ3v) is 4.12. The molecule has 0 saturated carbocycles. The molecule has 0 aliphatic carbocycles. The van der Waals surface area contributed by atoms with E-state index in [0.717, 1.165) is 27.5 Å². The fourth-order valence-corrected chi connectivity index (χ4v) is 2.86. The number of rotatable bonds is 4. The van der Waals surface area contributed by atoms with Crippen molar-refractivity contribution >= 4 is 39.7 Å². The molecule has 108 valence electrons. The first-order chi connectivity index (χ1) is 10.2. The maximum atomic E-state index is 11.5. The molecule has 0 amide bonds. The van der Waals surface area contributed by atoms with Crippen molar-refractivity contribution < 1.29 is 13.9 Å². The van der Waals surface area contributed by atoms with Crippen molar-refractivity contribution in [2.24, 2.45) is 0 Å². The third-order valence-electron chi connectivity index (χ3n) is 3.40. The number of ether oxygens (including phenoxy) is 1. The van der Waals surface area contributed by atoms with E-state index in [1.807, 2.05) is 31.2 Å². The van der Waals surface area contributed by atoms with Gasteiger partial charge in [-0.2, -0.15) is 0 Å². The Balaban J connectivity index is 2.02. The molecule has 0 bridgehead atoms. The molecular formula is C17H16O3S. The van der Waals surface area contributed by atoms with Crippen LogP contribution in [-0.2, 0) is 16.0 Å². The van der Waals surface area contributed by atoms with Gasteiger partial charge in [0.1, 0.15) is 11.2 Å². The number of benzene rings is 2. The summed E-state index contributed by atoms with van der Waals surface area (Å²) in [5, 5.41) is 2.19. The lowest BCUT2D eigenvalue weighted by atomic mass is 10.1. The maximum Gasteiger partial charge on any atom is 0.310 e. The quantitative estimate of drug-likeness (QED) is 0.528. The van der Waals surface area contributed by atoms with Crippen LogP contribution in [0.1, 0.15) is 12.5 Å². The second-order valence-electron chi connectivity index (χ2n) is 4.78. The largest absolute Gasteiger partial charge is 0.466 e. The Morgan fingerprint density at radius 1 is 1.14 bits per heavy atom. The Hall–Kier alpha value is -1.94. The average molecular weight is 300 g/mol. The van der Waals surface area contributed by atoms with Crippen molar-refractivity contribution in [3.63, 3.8) is 0 Å². The van der Waals surface area contributed by atoms with Gasteiger partial charge in [-0.15, -0.1) is 11.8 Å². The van der Waals surface area contributed by atoms with Gasteiger partial charge in [0, 0.05) is 15.7 Å². The average Bonchev–Trinajstić information content (AvgIpc) is 2.84. The minimum Gasteiger partial charge on any atom is -0.466 e. The first-order valence-corrected chi connectivity index (χ1v) is 8.08. The van der Waals surface area contributed by atoms with E-state index in [0.29, 0.717) is 6.61 Å². The van der Waals surface area contributed by atoms with Crippen molar-refractivity contribution in [2.45, 2.75) is 18.2 Å². The van der Waals surface area contributed by atoms with Crippen LogP contribution in [0.4, 0.5) is 0 Å². The molecule has 3 rings (SSSR count). The van der Waals surface area contributed by atoms with Crippen LogP contribution in [0.5, 0.6) is 0 Å². The van der Waals surface area contributed by atoms with Crippen molar-refractivity contribution in [1.29, 1.82) is 0 Å². The van der Waals surface area contributed by atoms with Crippen LogP contribution < -0.4 is 0 Å². The molecule has 0 unspecified atom stereocenters. The standard InChI is InChI=1S/C17H16O3S/c1-3-19-17(18)9-11-4-6-13-14-10-12(21-2)5-7-15(14)20-16(13)8-11/h4-8,10H,3,9H2,1-2H3. The lowest BCUT2D eigenvalue weighted by molar-refractivity contribution is -0.142. The molecule has 0 spiro atoms. The highest BCUT2D eigenvalue weighted by Crippen LogP contribution is 2.32. The number of thioether (sulfide) groups is 1. The first-order valence-electron chi connectivity index (χ1n) is 6.86. The fraction of sp³-hybridized carbons (Fsp3) is 0.235. The molecule has 1 heterocycles. The van der Waals surface area contributed by atoms with E-state index in [4.69, 9.17) is 9.15 Å². The molecule has 0 saturated heterocycles. The van der Waals surface area contributed by atoms with E-state index in [1.165, 1.54) is 4.90 Å². The van der Waals surface area contributed by atoms with E-state index in [-0.39, 0.29) is 12.4 Å². The summed E-state index contributed by atoms with van der Waals surface area (Å²) in [4.78, 5) is 12.8. The number of furan rings is 1. The van der Waals surface area contributed by atoms with Gasteiger partial charge < -0.3 is 9.15 Å². The van der Waals surface area contributed by atoms with Crippen molar-refractivity contribution in [1.82, 2.24) is 0 Å². The first kappa shape index (κ1) is 14.0. The van der Waals surface area contributed by atoms with E-state index >= 15 is 0 Å². The normalized spacial score (nSPS) is 11.1. The second kappa shape index (κ2) is 5.82. The van der Waals surface area contributed by atoms with Crippen LogP contribution in [0.3, 0.4) is 0 Å². The van der Waals surface area contributed by atoms with Gasteiger partial charge in [-0.05, 0) is 43.0 Å². The Morgan fingerprint density at radius 2 is 2.00 bits per heavy atom. The summed E-state index contributed by atoms with van der Waals surface area (Å²) >= 11 is 1.71. The van der Waals surface area contributed by atoms with Gasteiger partial charge in [-0.1, -0.05) is 12.1 Å². The Bertz CT molecular complexity index is 804. The molecule has 4 heteroatoms. The van der Waals surface area contributed by atoms with Gasteiger partial charge in [-0.3, -0.25) is 4.79 Å². The number of esters is 1. The highest BCUT2D eigenvalue weighted by Gasteiger charge is 2.10. The molecule has 2 aromatic carbocycles. The molecule has 21 heavy (non-hydrogen) atoms. The van der Waals surface area contributed by atoms with E-state index in [2.05, 4.69) is 18.4 Å². The van der Waals surface area contributed by atoms with Crippen LogP contribution in [-0.4, -0.2) is 18.8 Å². The van der Waals surface area contributed by atoms with Crippen molar-refractivity contribution in [2.75, 3.05) is 12.9 Å². The second-order valence-corrected chi connectivity index (χ2v) is 5.66. The molecule has 0 radical (unpaired) electrons. The minimum absolute atomic E-state index is 0.211. The van der Waals surface area contributed by atoms with Crippen LogP contribution >= 0.6 is 11.8 Å². The summed E-state index contributed by atoms with van der Waals surface area (Å²) in [5.41, 5.74) is 2.59. The number of hydrogen-bond acceptors (Lipinski definition) is 4. The van der Waals surface area contributed by atoms with Crippen molar-refractivity contribution in [3.05, 3.63) is 42.0 Å². The Kier molecular flexibility index (Phi) is 3.88. The molecule has 0 N–H and O–H groups in total. The topological polar surface area (TPSA) is 39.4 Å². The van der Waals surface area contributed by atoms with Crippen LogP contribution in [0.2, 0.25) is 0 Å². The smallest absolute Gasteiger partial charge is 0.310 e. The molecule has 0 aliphatic heterocycles. The highest BCUT2D eigenvalue weighted by molar-refractivity contribution is 7.98. The molecule has 1 aromatic heterocycles. The van der Waals surface area contributed by atoms with Crippen LogP contribution in [0, 0.1) is 0 Å². The maximum absolute atomic E-state index is 11.5. The summed E-state index contributed by atoms with van der Waals surface area (Å²) in [5.74, 6) is -0.211. The van der Waals surface area contributed by atoms with Gasteiger partial charge in [0.15, 0.2) is 0 Å². The summed E-state index contributed by atoms with van der Waals surface area (Å²) in [6.07, 6.45) is 2.33. The lowest BCUT2D eigenvalue weighted by Crippen LogP contribution is -2.07. The molecule has 0 atom stereocenters. The van der Waals surface area contributed by atoms with E-state index in [1.54, 1.807) is 11.8 Å². The van der Waals surface area contributed by atoms with Gasteiger partial charge in [0.2, 0.25) is 0 Å². The van der Waals surface area contributed by atoms with Crippen LogP contribution in [0.15, 0.2) is 45.7 Å². The summed E-state index contributed by atoms with van der Waals surface area (Å²) in [7, 11) is 0. The number of carbonyl (C=O) groups is 1. The Labute approximate surface area is 127 Å². The summed E-state index contributed by atoms with van der Waals surface area (Å²) in [6, 6.07) is 12.1. The lowest BCUT2D eigenvalue weighted by Gasteiger charge is -2.01.